The zero-order valence-electron chi connectivity index (χ0n) is 12.9. The van der Waals surface area contributed by atoms with Crippen LogP contribution in [0, 0.1) is 0 Å². The summed E-state index contributed by atoms with van der Waals surface area (Å²) < 4.78 is 5.56. The van der Waals surface area contributed by atoms with E-state index in [4.69, 9.17) is 10.5 Å². The van der Waals surface area contributed by atoms with Gasteiger partial charge in [-0.05, 0) is 44.4 Å². The molecular weight excluding hydrogens is 252 g/mol. The Morgan fingerprint density at radius 1 is 1.40 bits per heavy atom. The van der Waals surface area contributed by atoms with Crippen molar-refractivity contribution in [2.75, 3.05) is 13.7 Å². The minimum absolute atomic E-state index is 0.0179. The molecular formula is C16H26N2O2. The van der Waals surface area contributed by atoms with Gasteiger partial charge in [-0.25, -0.2) is 0 Å². The van der Waals surface area contributed by atoms with Gasteiger partial charge >= 0.3 is 0 Å². The Hall–Kier alpha value is -1.55. The Morgan fingerprint density at radius 2 is 2.10 bits per heavy atom. The summed E-state index contributed by atoms with van der Waals surface area (Å²) >= 11 is 0. The number of hydrogen-bond donors (Lipinski definition) is 1. The van der Waals surface area contributed by atoms with Gasteiger partial charge in [0.1, 0.15) is 5.75 Å². The van der Waals surface area contributed by atoms with Gasteiger partial charge in [0.15, 0.2) is 6.61 Å². The van der Waals surface area contributed by atoms with Crippen molar-refractivity contribution in [2.24, 2.45) is 5.73 Å². The van der Waals surface area contributed by atoms with Gasteiger partial charge in [-0.15, -0.1) is 0 Å². The molecule has 0 heterocycles. The maximum atomic E-state index is 11.8. The maximum Gasteiger partial charge on any atom is 0.260 e. The van der Waals surface area contributed by atoms with Crippen LogP contribution in [0.15, 0.2) is 24.3 Å². The highest BCUT2D eigenvalue weighted by atomic mass is 16.5. The van der Waals surface area contributed by atoms with E-state index in [2.05, 4.69) is 6.92 Å². The highest BCUT2D eigenvalue weighted by Gasteiger charge is 2.12. The number of ether oxygens (including phenoxy) is 1. The lowest BCUT2D eigenvalue weighted by molar-refractivity contribution is -0.133. The fraction of sp³-hybridized carbons (Fsp3) is 0.562. The minimum Gasteiger partial charge on any atom is -0.484 e. The highest BCUT2D eigenvalue weighted by Crippen LogP contribution is 2.15. The van der Waals surface area contributed by atoms with Crippen LogP contribution in [-0.2, 0) is 11.2 Å². The van der Waals surface area contributed by atoms with Crippen LogP contribution in [0.2, 0.25) is 0 Å². The lowest BCUT2D eigenvalue weighted by atomic mass is 10.0. The number of likely N-dealkylation sites (N-methyl/N-ethyl adjacent to an activating group) is 1. The Labute approximate surface area is 121 Å². The second-order valence-electron chi connectivity index (χ2n) is 5.41. The average molecular weight is 278 g/mol. The number of rotatable bonds is 7. The van der Waals surface area contributed by atoms with Gasteiger partial charge in [0.05, 0.1) is 0 Å². The van der Waals surface area contributed by atoms with Gasteiger partial charge in [-0.1, -0.05) is 19.1 Å². The standard InChI is InChI=1S/C16H26N2O2/c1-5-14(17)9-13-7-6-8-15(10-13)20-11-16(19)18(4)12(2)3/h6-8,10,12,14H,5,9,11,17H2,1-4H3. The number of amides is 1. The molecule has 0 fully saturated rings. The van der Waals surface area contributed by atoms with E-state index in [1.54, 1.807) is 11.9 Å². The topological polar surface area (TPSA) is 55.6 Å². The van der Waals surface area contributed by atoms with Crippen molar-refractivity contribution in [1.29, 1.82) is 0 Å². The molecule has 0 spiro atoms. The van der Waals surface area contributed by atoms with Crippen LogP contribution in [0.4, 0.5) is 0 Å². The van der Waals surface area contributed by atoms with Crippen molar-refractivity contribution in [3.63, 3.8) is 0 Å². The maximum absolute atomic E-state index is 11.8. The summed E-state index contributed by atoms with van der Waals surface area (Å²) in [6.07, 6.45) is 1.77. The van der Waals surface area contributed by atoms with Crippen LogP contribution in [-0.4, -0.2) is 36.5 Å². The van der Waals surface area contributed by atoms with Gasteiger partial charge in [0.2, 0.25) is 0 Å². The first-order valence-electron chi connectivity index (χ1n) is 7.17. The van der Waals surface area contributed by atoms with Crippen molar-refractivity contribution in [3.05, 3.63) is 29.8 Å². The molecule has 20 heavy (non-hydrogen) atoms. The van der Waals surface area contributed by atoms with Crippen LogP contribution < -0.4 is 10.5 Å². The van der Waals surface area contributed by atoms with Crippen LogP contribution in [0.3, 0.4) is 0 Å². The second-order valence-corrected chi connectivity index (χ2v) is 5.41. The first kappa shape index (κ1) is 16.5. The second kappa shape index (κ2) is 7.90. The fourth-order valence-corrected chi connectivity index (χ4v) is 1.74. The van der Waals surface area contributed by atoms with Crippen molar-refractivity contribution in [2.45, 2.75) is 45.7 Å². The number of nitrogens with two attached hydrogens (primary N) is 1. The number of benzene rings is 1. The van der Waals surface area contributed by atoms with Gasteiger partial charge < -0.3 is 15.4 Å². The van der Waals surface area contributed by atoms with E-state index in [9.17, 15) is 4.79 Å². The van der Waals surface area contributed by atoms with Crippen molar-refractivity contribution >= 4 is 5.91 Å². The summed E-state index contributed by atoms with van der Waals surface area (Å²) in [6.45, 7) is 6.10. The number of nitrogens with zero attached hydrogens (tertiary/aromatic N) is 1. The molecule has 0 bridgehead atoms. The fourth-order valence-electron chi connectivity index (χ4n) is 1.74. The SMILES string of the molecule is CCC(N)Cc1cccc(OCC(=O)N(C)C(C)C)c1. The molecule has 1 aromatic rings. The van der Waals surface area contributed by atoms with Crippen LogP contribution in [0.1, 0.15) is 32.8 Å². The van der Waals surface area contributed by atoms with Crippen molar-refractivity contribution in [1.82, 2.24) is 4.90 Å². The predicted molar refractivity (Wildman–Crippen MR) is 81.8 cm³/mol. The third kappa shape index (κ3) is 5.21. The summed E-state index contributed by atoms with van der Waals surface area (Å²) in [4.78, 5) is 13.5. The molecule has 0 saturated carbocycles. The first-order valence-corrected chi connectivity index (χ1v) is 7.17. The van der Waals surface area contributed by atoms with Gasteiger partial charge in [-0.2, -0.15) is 0 Å². The molecule has 0 aromatic heterocycles. The molecule has 4 heteroatoms. The van der Waals surface area contributed by atoms with Gasteiger partial charge in [0, 0.05) is 19.1 Å². The molecule has 4 nitrogen and oxygen atoms in total. The molecule has 0 aliphatic rings. The highest BCUT2D eigenvalue weighted by molar-refractivity contribution is 5.77. The molecule has 0 aliphatic carbocycles. The van der Waals surface area contributed by atoms with E-state index >= 15 is 0 Å². The number of carbonyl (C=O) groups excluding carboxylic acids is 1. The van der Waals surface area contributed by atoms with Crippen LogP contribution in [0.5, 0.6) is 5.75 Å². The molecule has 1 atom stereocenters. The van der Waals surface area contributed by atoms with Gasteiger partial charge in [0.25, 0.3) is 5.91 Å². The molecule has 1 unspecified atom stereocenters. The average Bonchev–Trinajstić information content (AvgIpc) is 2.44. The first-order chi connectivity index (χ1) is 9.43. The predicted octanol–water partition coefficient (Wildman–Crippen LogP) is 2.21. The smallest absolute Gasteiger partial charge is 0.260 e. The molecule has 1 amide bonds. The Bertz CT molecular complexity index is 432. The largest absolute Gasteiger partial charge is 0.484 e. The number of carbonyl (C=O) groups is 1. The lowest BCUT2D eigenvalue weighted by Gasteiger charge is -2.21. The van der Waals surface area contributed by atoms with Crippen LogP contribution >= 0.6 is 0 Å². The third-order valence-electron chi connectivity index (χ3n) is 3.45. The third-order valence-corrected chi connectivity index (χ3v) is 3.45. The molecule has 1 rings (SSSR count). The molecule has 112 valence electrons. The summed E-state index contributed by atoms with van der Waals surface area (Å²) in [6, 6.07) is 8.13. The van der Waals surface area contributed by atoms with E-state index in [1.807, 2.05) is 38.1 Å². The summed E-state index contributed by atoms with van der Waals surface area (Å²) in [5.74, 6) is 0.701. The zero-order chi connectivity index (χ0) is 15.1. The molecule has 0 radical (unpaired) electrons. The van der Waals surface area contributed by atoms with E-state index in [0.717, 1.165) is 24.2 Å². The normalized spacial score (nSPS) is 12.3. The monoisotopic (exact) mass is 278 g/mol. The zero-order valence-corrected chi connectivity index (χ0v) is 12.9. The van der Waals surface area contributed by atoms with Crippen molar-refractivity contribution in [3.8, 4) is 5.75 Å². The summed E-state index contributed by atoms with van der Waals surface area (Å²) in [7, 11) is 1.78. The molecule has 2 N–H and O–H groups in total. The van der Waals surface area contributed by atoms with E-state index in [1.165, 1.54) is 0 Å². The van der Waals surface area contributed by atoms with Crippen LogP contribution in [0.25, 0.3) is 0 Å². The minimum atomic E-state index is -0.0179. The number of hydrogen-bond acceptors (Lipinski definition) is 3. The Balaban J connectivity index is 2.56. The quantitative estimate of drug-likeness (QED) is 0.832. The van der Waals surface area contributed by atoms with E-state index < -0.39 is 0 Å². The molecule has 0 saturated heterocycles. The van der Waals surface area contributed by atoms with Gasteiger partial charge in [-0.3, -0.25) is 4.79 Å². The Morgan fingerprint density at radius 3 is 2.70 bits per heavy atom. The summed E-state index contributed by atoms with van der Waals surface area (Å²) in [5.41, 5.74) is 7.09. The van der Waals surface area contributed by atoms with E-state index in [0.29, 0.717) is 0 Å². The molecule has 1 aromatic carbocycles. The van der Waals surface area contributed by atoms with E-state index in [-0.39, 0.29) is 24.6 Å². The Kier molecular flexibility index (Phi) is 6.52. The van der Waals surface area contributed by atoms with Crippen molar-refractivity contribution < 1.29 is 9.53 Å². The summed E-state index contributed by atoms with van der Waals surface area (Å²) in [5, 5.41) is 0. The molecule has 0 aliphatic heterocycles. The lowest BCUT2D eigenvalue weighted by Crippen LogP contribution is -2.36.